The van der Waals surface area contributed by atoms with Crippen molar-refractivity contribution in [2.75, 3.05) is 11.1 Å². The van der Waals surface area contributed by atoms with Crippen LogP contribution in [0.3, 0.4) is 0 Å². The van der Waals surface area contributed by atoms with E-state index in [1.807, 2.05) is 0 Å². The minimum atomic E-state index is -4.67. The average Bonchev–Trinajstić information content (AvgIpc) is 3.12. The van der Waals surface area contributed by atoms with E-state index in [0.717, 1.165) is 31.4 Å². The number of benzene rings is 1. The number of nitrogen functional groups attached to an aromatic ring is 1. The smallest absolute Gasteiger partial charge is 0.396 e. The van der Waals surface area contributed by atoms with Gasteiger partial charge in [-0.3, -0.25) is 4.79 Å². The van der Waals surface area contributed by atoms with E-state index in [4.69, 9.17) is 17.2 Å². The molecule has 2 heterocycles. The molecule has 1 aliphatic rings. The van der Waals surface area contributed by atoms with Gasteiger partial charge in [-0.15, -0.1) is 0 Å². The Labute approximate surface area is 186 Å². The molecule has 1 fully saturated rings. The standard InChI is InChI=1S/C22H24F4N6O/c1-32-7-6-11-12(8-10(9-15(11)32)22(24,25)26)19-16(20(29)33)18(28)17(23)21(31-19)30-14-5-3-2-4-13(14)27/h6-9,13-14H,2-5,27H2,1H3,(H2,29,33)(H3,28,30,31)/t13-,14+/m0/s1. The summed E-state index contributed by atoms with van der Waals surface area (Å²) in [7, 11) is 1.59. The Morgan fingerprint density at radius 2 is 1.94 bits per heavy atom. The molecule has 0 bridgehead atoms. The largest absolute Gasteiger partial charge is 0.416 e. The number of alkyl halides is 3. The molecular weight excluding hydrogens is 440 g/mol. The molecule has 0 aliphatic heterocycles. The van der Waals surface area contributed by atoms with Crippen LogP contribution < -0.4 is 22.5 Å². The molecule has 0 radical (unpaired) electrons. The molecule has 3 aromatic rings. The molecule has 7 N–H and O–H groups in total. The van der Waals surface area contributed by atoms with Gasteiger partial charge in [-0.25, -0.2) is 9.37 Å². The molecule has 2 atom stereocenters. The number of carbonyl (C=O) groups excluding carboxylic acids is 1. The van der Waals surface area contributed by atoms with E-state index in [-0.39, 0.29) is 34.7 Å². The molecule has 11 heteroatoms. The fourth-order valence-corrected chi connectivity index (χ4v) is 4.37. The first-order valence-electron chi connectivity index (χ1n) is 10.5. The quantitative estimate of drug-likeness (QED) is 0.438. The Kier molecular flexibility index (Phi) is 5.69. The summed E-state index contributed by atoms with van der Waals surface area (Å²) in [5, 5.41) is 3.32. The normalized spacial score (nSPS) is 19.1. The Bertz CT molecular complexity index is 1240. The third kappa shape index (κ3) is 4.08. The van der Waals surface area contributed by atoms with Crippen LogP contribution in [0.1, 0.15) is 41.6 Å². The highest BCUT2D eigenvalue weighted by Gasteiger charge is 2.33. The number of amides is 1. The van der Waals surface area contributed by atoms with Crippen molar-refractivity contribution < 1.29 is 22.4 Å². The molecule has 1 amide bonds. The number of hydrogen-bond donors (Lipinski definition) is 4. The maximum absolute atomic E-state index is 15.1. The van der Waals surface area contributed by atoms with E-state index >= 15 is 4.39 Å². The van der Waals surface area contributed by atoms with E-state index in [1.54, 1.807) is 19.3 Å². The van der Waals surface area contributed by atoms with E-state index in [9.17, 15) is 18.0 Å². The Hall–Kier alpha value is -3.34. The molecule has 1 aliphatic carbocycles. The van der Waals surface area contributed by atoms with Crippen molar-refractivity contribution in [1.29, 1.82) is 0 Å². The van der Waals surface area contributed by atoms with Crippen LogP contribution in [0.5, 0.6) is 0 Å². The predicted molar refractivity (Wildman–Crippen MR) is 118 cm³/mol. The van der Waals surface area contributed by atoms with Crippen molar-refractivity contribution in [2.45, 2.75) is 43.9 Å². The monoisotopic (exact) mass is 464 g/mol. The summed E-state index contributed by atoms with van der Waals surface area (Å²) >= 11 is 0. The Morgan fingerprint density at radius 1 is 1.24 bits per heavy atom. The summed E-state index contributed by atoms with van der Waals surface area (Å²) in [5.74, 6) is -2.38. The molecule has 33 heavy (non-hydrogen) atoms. The minimum Gasteiger partial charge on any atom is -0.396 e. The van der Waals surface area contributed by atoms with Gasteiger partial charge >= 0.3 is 6.18 Å². The third-order valence-electron chi connectivity index (χ3n) is 6.15. The van der Waals surface area contributed by atoms with Crippen LogP contribution in [0.2, 0.25) is 0 Å². The van der Waals surface area contributed by atoms with E-state index < -0.39 is 34.7 Å². The topological polar surface area (TPSA) is 125 Å². The van der Waals surface area contributed by atoms with Gasteiger partial charge in [0.2, 0.25) is 0 Å². The van der Waals surface area contributed by atoms with E-state index in [2.05, 4.69) is 10.3 Å². The first-order valence-corrected chi connectivity index (χ1v) is 10.5. The molecule has 1 saturated carbocycles. The number of anilines is 2. The van der Waals surface area contributed by atoms with Gasteiger partial charge in [0.15, 0.2) is 11.6 Å². The van der Waals surface area contributed by atoms with E-state index in [1.165, 1.54) is 4.57 Å². The lowest BCUT2D eigenvalue weighted by Gasteiger charge is -2.30. The van der Waals surface area contributed by atoms with Gasteiger partial charge in [0.25, 0.3) is 5.91 Å². The van der Waals surface area contributed by atoms with Gasteiger partial charge in [0.05, 0.1) is 22.5 Å². The molecule has 4 rings (SSSR count). The fourth-order valence-electron chi connectivity index (χ4n) is 4.37. The zero-order chi connectivity index (χ0) is 24.1. The molecule has 0 unspecified atom stereocenters. The lowest BCUT2D eigenvalue weighted by molar-refractivity contribution is -0.137. The molecule has 2 aromatic heterocycles. The number of aromatic nitrogens is 2. The summed E-state index contributed by atoms with van der Waals surface area (Å²) in [4.78, 5) is 16.4. The summed E-state index contributed by atoms with van der Waals surface area (Å²) in [6.07, 6.45) is 0.139. The maximum atomic E-state index is 15.1. The van der Waals surface area contributed by atoms with Crippen LogP contribution in [0.25, 0.3) is 22.2 Å². The summed E-state index contributed by atoms with van der Waals surface area (Å²) in [5.41, 5.74) is 15.5. The Balaban J connectivity index is 1.98. The fraction of sp³-hybridized carbons (Fsp3) is 0.364. The van der Waals surface area contributed by atoms with Crippen LogP contribution in [-0.4, -0.2) is 27.5 Å². The molecule has 1 aromatic carbocycles. The summed E-state index contributed by atoms with van der Waals surface area (Å²) in [6, 6.07) is 2.89. The summed E-state index contributed by atoms with van der Waals surface area (Å²) < 4.78 is 57.6. The number of carbonyl (C=O) groups is 1. The van der Waals surface area contributed by atoms with Gasteiger partial charge in [0, 0.05) is 41.8 Å². The van der Waals surface area contributed by atoms with E-state index in [0.29, 0.717) is 11.8 Å². The zero-order valence-corrected chi connectivity index (χ0v) is 17.8. The van der Waals surface area contributed by atoms with Crippen molar-refractivity contribution in [3.05, 3.63) is 41.3 Å². The number of hydrogen-bond acceptors (Lipinski definition) is 5. The van der Waals surface area contributed by atoms with Gasteiger partial charge in [-0.1, -0.05) is 12.8 Å². The van der Waals surface area contributed by atoms with Crippen LogP contribution in [0.4, 0.5) is 29.1 Å². The van der Waals surface area contributed by atoms with Gasteiger partial charge in [0.1, 0.15) is 0 Å². The number of nitrogens with zero attached hydrogens (tertiary/aromatic N) is 2. The predicted octanol–water partition coefficient (Wildman–Crippen LogP) is 3.76. The number of halogens is 4. The van der Waals surface area contributed by atoms with Crippen molar-refractivity contribution in [1.82, 2.24) is 9.55 Å². The van der Waals surface area contributed by atoms with Crippen molar-refractivity contribution in [3.8, 4) is 11.3 Å². The van der Waals surface area contributed by atoms with Crippen molar-refractivity contribution in [2.24, 2.45) is 18.5 Å². The molecular formula is C22H24F4N6O. The second kappa shape index (κ2) is 8.22. The maximum Gasteiger partial charge on any atom is 0.416 e. The lowest BCUT2D eigenvalue weighted by atomic mass is 9.91. The van der Waals surface area contributed by atoms with Crippen LogP contribution in [-0.2, 0) is 13.2 Å². The minimum absolute atomic E-state index is 0.0306. The van der Waals surface area contributed by atoms with Gasteiger partial charge < -0.3 is 27.1 Å². The number of rotatable bonds is 4. The lowest BCUT2D eigenvalue weighted by Crippen LogP contribution is -2.43. The van der Waals surface area contributed by atoms with Gasteiger partial charge in [-0.05, 0) is 31.0 Å². The first-order chi connectivity index (χ1) is 15.5. The molecule has 0 spiro atoms. The first kappa shape index (κ1) is 22.8. The number of fused-ring (bicyclic) bond motifs is 1. The van der Waals surface area contributed by atoms with Crippen LogP contribution >= 0.6 is 0 Å². The highest BCUT2D eigenvalue weighted by molar-refractivity contribution is 6.08. The molecule has 176 valence electrons. The number of nitrogens with two attached hydrogens (primary N) is 3. The van der Waals surface area contributed by atoms with Gasteiger partial charge in [-0.2, -0.15) is 13.2 Å². The third-order valence-corrected chi connectivity index (χ3v) is 6.15. The number of nitrogens with one attached hydrogen (secondary N) is 1. The van der Waals surface area contributed by atoms with Crippen LogP contribution in [0, 0.1) is 5.82 Å². The average molecular weight is 464 g/mol. The highest BCUT2D eigenvalue weighted by atomic mass is 19.4. The Morgan fingerprint density at radius 3 is 2.58 bits per heavy atom. The highest BCUT2D eigenvalue weighted by Crippen LogP contribution is 2.40. The molecule has 7 nitrogen and oxygen atoms in total. The SMILES string of the molecule is Cn1ccc2c(-c3nc(N[C@@H]4CCCC[C@@H]4N)c(F)c(N)c3C(N)=O)cc(C(F)(F)F)cc21. The summed E-state index contributed by atoms with van der Waals surface area (Å²) in [6.45, 7) is 0. The van der Waals surface area contributed by atoms with Crippen LogP contribution in [0.15, 0.2) is 24.4 Å². The van der Waals surface area contributed by atoms with Crippen molar-refractivity contribution >= 4 is 28.3 Å². The number of aryl methyl sites for hydroxylation is 1. The number of primary amides is 1. The molecule has 0 saturated heterocycles. The zero-order valence-electron chi connectivity index (χ0n) is 17.8. The second-order valence-electron chi connectivity index (χ2n) is 8.36. The second-order valence-corrected chi connectivity index (χ2v) is 8.36. The number of pyridine rings is 1. The van der Waals surface area contributed by atoms with Crippen molar-refractivity contribution in [3.63, 3.8) is 0 Å².